The van der Waals surface area contributed by atoms with Gasteiger partial charge in [0, 0.05) is 24.6 Å². The largest absolute Gasteiger partial charge is 0.497 e. The van der Waals surface area contributed by atoms with E-state index in [-0.39, 0.29) is 17.5 Å². The molecular formula is C21H22N4O3. The Bertz CT molecular complexity index is 1010. The number of hydrogen-bond acceptors (Lipinski definition) is 4. The summed E-state index contributed by atoms with van der Waals surface area (Å²) < 4.78 is 6.52. The Hall–Kier alpha value is -3.35. The molecule has 144 valence electrons. The third kappa shape index (κ3) is 3.55. The standard InChI is InChI=1S/C21H22N4O3/c1-28-18-11-9-15(10-12-18)20(26)24-13-5-6-16(14-24)19-22-21(27)25(23-19)17-7-3-2-4-8-17/h2-4,7-12,16H,5-6,13-14H2,1H3,(H,22,23,27). The van der Waals surface area contributed by atoms with E-state index in [1.807, 2.05) is 35.2 Å². The molecule has 1 atom stereocenters. The van der Waals surface area contributed by atoms with Gasteiger partial charge in [-0.15, -0.1) is 5.10 Å². The third-order valence-electron chi connectivity index (χ3n) is 5.07. The zero-order chi connectivity index (χ0) is 19.5. The van der Waals surface area contributed by atoms with Crippen molar-refractivity contribution >= 4 is 5.91 Å². The van der Waals surface area contributed by atoms with E-state index >= 15 is 0 Å². The minimum Gasteiger partial charge on any atom is -0.497 e. The number of carbonyl (C=O) groups is 1. The van der Waals surface area contributed by atoms with Gasteiger partial charge < -0.3 is 9.64 Å². The fourth-order valence-corrected chi connectivity index (χ4v) is 3.57. The summed E-state index contributed by atoms with van der Waals surface area (Å²) in [6, 6.07) is 16.4. The molecular weight excluding hydrogens is 356 g/mol. The molecule has 1 N–H and O–H groups in total. The average Bonchev–Trinajstić information content (AvgIpc) is 3.16. The number of carbonyl (C=O) groups excluding carboxylic acids is 1. The lowest BCUT2D eigenvalue weighted by Gasteiger charge is -2.31. The molecule has 1 aliphatic rings. The highest BCUT2D eigenvalue weighted by Crippen LogP contribution is 2.25. The number of para-hydroxylation sites is 1. The van der Waals surface area contributed by atoms with Crippen molar-refractivity contribution in [3.63, 3.8) is 0 Å². The zero-order valence-corrected chi connectivity index (χ0v) is 15.7. The van der Waals surface area contributed by atoms with E-state index in [2.05, 4.69) is 10.1 Å². The number of amides is 1. The first kappa shape index (κ1) is 18.0. The maximum Gasteiger partial charge on any atom is 0.348 e. The highest BCUT2D eigenvalue weighted by atomic mass is 16.5. The van der Waals surface area contributed by atoms with E-state index < -0.39 is 0 Å². The van der Waals surface area contributed by atoms with Crippen molar-refractivity contribution in [3.05, 3.63) is 76.5 Å². The number of ether oxygens (including phenoxy) is 1. The van der Waals surface area contributed by atoms with Gasteiger partial charge >= 0.3 is 5.69 Å². The predicted molar refractivity (Wildman–Crippen MR) is 105 cm³/mol. The van der Waals surface area contributed by atoms with Gasteiger partial charge in [0.15, 0.2) is 0 Å². The van der Waals surface area contributed by atoms with Gasteiger partial charge in [-0.3, -0.25) is 9.78 Å². The quantitative estimate of drug-likeness (QED) is 0.757. The Morgan fingerprint density at radius 3 is 2.61 bits per heavy atom. The number of aromatic amines is 1. The second-order valence-electron chi connectivity index (χ2n) is 6.88. The van der Waals surface area contributed by atoms with E-state index in [1.54, 1.807) is 31.4 Å². The van der Waals surface area contributed by atoms with Crippen LogP contribution in [0.2, 0.25) is 0 Å². The van der Waals surface area contributed by atoms with Gasteiger partial charge in [-0.1, -0.05) is 18.2 Å². The molecule has 7 heteroatoms. The van der Waals surface area contributed by atoms with Gasteiger partial charge in [0.2, 0.25) is 0 Å². The van der Waals surface area contributed by atoms with E-state index in [0.29, 0.717) is 24.5 Å². The molecule has 4 rings (SSSR count). The Morgan fingerprint density at radius 2 is 1.89 bits per heavy atom. The average molecular weight is 378 g/mol. The van der Waals surface area contributed by atoms with Crippen molar-refractivity contribution in [2.24, 2.45) is 0 Å². The number of benzene rings is 2. The lowest BCUT2D eigenvalue weighted by molar-refractivity contribution is 0.0704. The molecule has 1 amide bonds. The van der Waals surface area contributed by atoms with Gasteiger partial charge in [0.05, 0.1) is 12.8 Å². The molecule has 1 aliphatic heterocycles. The van der Waals surface area contributed by atoms with Gasteiger partial charge in [-0.25, -0.2) is 4.79 Å². The minimum absolute atomic E-state index is 0.00797. The Balaban J connectivity index is 1.52. The van der Waals surface area contributed by atoms with Crippen LogP contribution in [0.3, 0.4) is 0 Å². The number of likely N-dealkylation sites (tertiary alicyclic amines) is 1. The van der Waals surface area contributed by atoms with Gasteiger partial charge in [-0.2, -0.15) is 4.68 Å². The summed E-state index contributed by atoms with van der Waals surface area (Å²) in [5.74, 6) is 1.34. The van der Waals surface area contributed by atoms with Crippen LogP contribution in [0.15, 0.2) is 59.4 Å². The summed E-state index contributed by atoms with van der Waals surface area (Å²) in [5.41, 5.74) is 1.08. The topological polar surface area (TPSA) is 80.2 Å². The fourth-order valence-electron chi connectivity index (χ4n) is 3.57. The smallest absolute Gasteiger partial charge is 0.348 e. The first-order chi connectivity index (χ1) is 13.7. The van der Waals surface area contributed by atoms with Crippen LogP contribution in [0.4, 0.5) is 0 Å². The first-order valence-corrected chi connectivity index (χ1v) is 9.33. The number of aromatic nitrogens is 3. The van der Waals surface area contributed by atoms with E-state index in [1.165, 1.54) is 4.68 Å². The summed E-state index contributed by atoms with van der Waals surface area (Å²) in [6.45, 7) is 1.23. The fraction of sp³-hybridized carbons (Fsp3) is 0.286. The molecule has 0 aliphatic carbocycles. The summed E-state index contributed by atoms with van der Waals surface area (Å²) in [5, 5.41) is 4.49. The normalized spacial score (nSPS) is 16.8. The molecule has 0 radical (unpaired) electrons. The molecule has 28 heavy (non-hydrogen) atoms. The van der Waals surface area contributed by atoms with Crippen LogP contribution in [-0.4, -0.2) is 45.8 Å². The molecule has 2 aromatic carbocycles. The predicted octanol–water partition coefficient (Wildman–Crippen LogP) is 2.59. The zero-order valence-electron chi connectivity index (χ0n) is 15.7. The highest BCUT2D eigenvalue weighted by molar-refractivity contribution is 5.94. The molecule has 1 unspecified atom stereocenters. The maximum absolute atomic E-state index is 12.9. The number of nitrogens with one attached hydrogen (secondary N) is 1. The van der Waals surface area contributed by atoms with Gasteiger partial charge in [-0.05, 0) is 49.2 Å². The van der Waals surface area contributed by atoms with Crippen molar-refractivity contribution in [1.82, 2.24) is 19.7 Å². The molecule has 0 saturated carbocycles. The minimum atomic E-state index is -0.264. The summed E-state index contributed by atoms with van der Waals surface area (Å²) >= 11 is 0. The van der Waals surface area contributed by atoms with Crippen molar-refractivity contribution in [1.29, 1.82) is 0 Å². The summed E-state index contributed by atoms with van der Waals surface area (Å²) in [7, 11) is 1.60. The number of hydrogen-bond donors (Lipinski definition) is 1. The molecule has 0 spiro atoms. The monoisotopic (exact) mass is 378 g/mol. The molecule has 1 saturated heterocycles. The van der Waals surface area contributed by atoms with Crippen LogP contribution in [-0.2, 0) is 0 Å². The molecule has 3 aromatic rings. The lowest BCUT2D eigenvalue weighted by Crippen LogP contribution is -2.39. The Labute approximate surface area is 162 Å². The third-order valence-corrected chi connectivity index (χ3v) is 5.07. The molecule has 1 fully saturated rings. The first-order valence-electron chi connectivity index (χ1n) is 9.33. The molecule has 7 nitrogen and oxygen atoms in total. The van der Waals surface area contributed by atoms with Crippen LogP contribution in [0.1, 0.15) is 34.9 Å². The SMILES string of the molecule is COc1ccc(C(=O)N2CCCC(c3nn(-c4ccccc4)c(=O)[nH]3)C2)cc1. The summed E-state index contributed by atoms with van der Waals surface area (Å²) in [6.07, 6.45) is 1.75. The van der Waals surface area contributed by atoms with Gasteiger partial charge in [0.1, 0.15) is 11.6 Å². The van der Waals surface area contributed by atoms with Crippen molar-refractivity contribution < 1.29 is 9.53 Å². The number of rotatable bonds is 4. The van der Waals surface area contributed by atoms with Crippen molar-refractivity contribution in [3.8, 4) is 11.4 Å². The molecule has 1 aromatic heterocycles. The second kappa shape index (κ2) is 7.72. The number of H-pyrrole nitrogens is 1. The van der Waals surface area contributed by atoms with Crippen LogP contribution >= 0.6 is 0 Å². The summed E-state index contributed by atoms with van der Waals surface area (Å²) in [4.78, 5) is 29.9. The van der Waals surface area contributed by atoms with Crippen LogP contribution < -0.4 is 10.4 Å². The van der Waals surface area contributed by atoms with E-state index in [0.717, 1.165) is 24.3 Å². The maximum atomic E-state index is 12.9. The lowest BCUT2D eigenvalue weighted by atomic mass is 9.96. The van der Waals surface area contributed by atoms with Crippen molar-refractivity contribution in [2.45, 2.75) is 18.8 Å². The molecule has 2 heterocycles. The number of piperidine rings is 1. The number of methoxy groups -OCH3 is 1. The second-order valence-corrected chi connectivity index (χ2v) is 6.88. The van der Waals surface area contributed by atoms with E-state index in [4.69, 9.17) is 4.74 Å². The Morgan fingerprint density at radius 1 is 1.14 bits per heavy atom. The Kier molecular flexibility index (Phi) is 4.97. The van der Waals surface area contributed by atoms with Crippen LogP contribution in [0.5, 0.6) is 5.75 Å². The van der Waals surface area contributed by atoms with Crippen molar-refractivity contribution in [2.75, 3.05) is 20.2 Å². The van der Waals surface area contributed by atoms with Gasteiger partial charge in [0.25, 0.3) is 5.91 Å². The highest BCUT2D eigenvalue weighted by Gasteiger charge is 2.28. The van der Waals surface area contributed by atoms with Crippen LogP contribution in [0, 0.1) is 0 Å². The molecule has 0 bridgehead atoms. The number of nitrogens with zero attached hydrogens (tertiary/aromatic N) is 3. The van der Waals surface area contributed by atoms with Crippen LogP contribution in [0.25, 0.3) is 5.69 Å². The van der Waals surface area contributed by atoms with E-state index in [9.17, 15) is 9.59 Å².